The van der Waals surface area contributed by atoms with Gasteiger partial charge in [-0.15, -0.1) is 5.10 Å². The van der Waals surface area contributed by atoms with E-state index in [9.17, 15) is 5.26 Å². The number of aromatic nitrogens is 2. The smallest absolute Gasteiger partial charge is 0.257 e. The maximum absolute atomic E-state index is 9.18. The van der Waals surface area contributed by atoms with Gasteiger partial charge in [-0.25, -0.2) is 0 Å². The third kappa shape index (κ3) is 2.69. The van der Waals surface area contributed by atoms with Gasteiger partial charge in [0.15, 0.2) is 0 Å². The molecule has 0 bridgehead atoms. The second-order valence-electron chi connectivity index (χ2n) is 4.16. The Morgan fingerprint density at radius 1 is 1.32 bits per heavy atom. The highest BCUT2D eigenvalue weighted by atomic mass is 16.5. The molecule has 1 heterocycles. The summed E-state index contributed by atoms with van der Waals surface area (Å²) in [5.74, 6) is 0.816. The highest BCUT2D eigenvalue weighted by Crippen LogP contribution is 2.25. The lowest BCUT2D eigenvalue weighted by atomic mass is 10.1. The molecule has 2 rings (SSSR count). The van der Waals surface area contributed by atoms with E-state index < -0.39 is 0 Å². The number of hydrogen-bond donors (Lipinski definition) is 1. The first-order valence-electron chi connectivity index (χ1n) is 5.86. The fourth-order valence-corrected chi connectivity index (χ4v) is 1.64. The van der Waals surface area contributed by atoms with Crippen LogP contribution >= 0.6 is 0 Å². The molecule has 0 aliphatic heterocycles. The van der Waals surface area contributed by atoms with Crippen molar-refractivity contribution in [2.24, 2.45) is 5.73 Å². The van der Waals surface area contributed by atoms with Gasteiger partial charge in [0.05, 0.1) is 5.69 Å². The summed E-state index contributed by atoms with van der Waals surface area (Å²) in [4.78, 5) is 0. The van der Waals surface area contributed by atoms with E-state index in [0.717, 1.165) is 16.8 Å². The van der Waals surface area contributed by atoms with Crippen LogP contribution in [0.4, 0.5) is 0 Å². The van der Waals surface area contributed by atoms with E-state index in [1.54, 1.807) is 6.07 Å². The number of nitrogens with two attached hydrogens (primary N) is 1. The van der Waals surface area contributed by atoms with Crippen molar-refractivity contribution in [3.63, 3.8) is 0 Å². The number of ether oxygens (including phenoxy) is 1. The van der Waals surface area contributed by atoms with Gasteiger partial charge >= 0.3 is 0 Å². The number of hydrogen-bond acceptors (Lipinski definition) is 5. The molecule has 19 heavy (non-hydrogen) atoms. The van der Waals surface area contributed by atoms with Gasteiger partial charge in [0.2, 0.25) is 0 Å². The maximum atomic E-state index is 9.18. The minimum atomic E-state index is 0.222. The summed E-state index contributed by atoms with van der Waals surface area (Å²) in [7, 11) is 0. The molecule has 5 nitrogen and oxygen atoms in total. The van der Waals surface area contributed by atoms with Crippen LogP contribution in [0.2, 0.25) is 0 Å². The van der Waals surface area contributed by atoms with Gasteiger partial charge < -0.3 is 10.5 Å². The quantitative estimate of drug-likeness (QED) is 0.907. The Labute approximate surface area is 111 Å². The lowest BCUT2D eigenvalue weighted by Gasteiger charge is -2.09. The van der Waals surface area contributed by atoms with Crippen molar-refractivity contribution in [2.75, 3.05) is 0 Å². The molecule has 0 radical (unpaired) electrons. The Bertz CT molecular complexity index is 646. The zero-order valence-corrected chi connectivity index (χ0v) is 10.8. The van der Waals surface area contributed by atoms with Crippen LogP contribution in [0.5, 0.6) is 11.6 Å². The molecule has 0 aliphatic carbocycles. The van der Waals surface area contributed by atoms with E-state index >= 15 is 0 Å². The van der Waals surface area contributed by atoms with E-state index in [2.05, 4.69) is 16.3 Å². The molecular weight excluding hydrogens is 240 g/mol. The summed E-state index contributed by atoms with van der Waals surface area (Å²) in [6.07, 6.45) is 0. The summed E-state index contributed by atoms with van der Waals surface area (Å²) < 4.78 is 5.63. The second-order valence-corrected chi connectivity index (χ2v) is 4.16. The normalized spacial score (nSPS) is 10.0. The first-order valence-corrected chi connectivity index (χ1v) is 5.86. The zero-order chi connectivity index (χ0) is 13.8. The molecule has 0 amide bonds. The van der Waals surface area contributed by atoms with Crippen LogP contribution in [0.15, 0.2) is 24.3 Å². The van der Waals surface area contributed by atoms with Gasteiger partial charge in [-0.1, -0.05) is 12.1 Å². The van der Waals surface area contributed by atoms with Gasteiger partial charge in [-0.05, 0) is 37.1 Å². The number of nitriles is 1. The minimum Gasteiger partial charge on any atom is -0.437 e. The molecule has 0 saturated carbocycles. The number of nitrogens with zero attached hydrogens (tertiary/aromatic N) is 3. The molecule has 2 N–H and O–H groups in total. The topological polar surface area (TPSA) is 84.8 Å². The Morgan fingerprint density at radius 2 is 2.11 bits per heavy atom. The predicted molar refractivity (Wildman–Crippen MR) is 70.6 cm³/mol. The summed E-state index contributed by atoms with van der Waals surface area (Å²) in [6.45, 7) is 4.06. The fraction of sp³-hybridized carbons (Fsp3) is 0.214. The molecule has 1 aromatic carbocycles. The molecule has 0 atom stereocenters. The monoisotopic (exact) mass is 254 g/mol. The zero-order valence-electron chi connectivity index (χ0n) is 10.8. The average Bonchev–Trinajstić information content (AvgIpc) is 2.43. The average molecular weight is 254 g/mol. The lowest BCUT2D eigenvalue weighted by Crippen LogP contribution is -2.01. The first kappa shape index (κ1) is 13.0. The van der Waals surface area contributed by atoms with Gasteiger partial charge in [0, 0.05) is 6.54 Å². The van der Waals surface area contributed by atoms with Gasteiger partial charge in [-0.2, -0.15) is 10.4 Å². The molecule has 96 valence electrons. The largest absolute Gasteiger partial charge is 0.437 e. The summed E-state index contributed by atoms with van der Waals surface area (Å²) in [6, 6.07) is 9.46. The van der Waals surface area contributed by atoms with Gasteiger partial charge in [-0.3, -0.25) is 0 Å². The predicted octanol–water partition coefficient (Wildman–Crippen LogP) is 2.22. The third-order valence-electron chi connectivity index (χ3n) is 2.88. The van der Waals surface area contributed by atoms with E-state index in [0.29, 0.717) is 17.9 Å². The molecule has 1 aromatic heterocycles. The van der Waals surface area contributed by atoms with Crippen LogP contribution in [-0.2, 0) is 6.54 Å². The summed E-state index contributed by atoms with van der Waals surface area (Å²) in [5.41, 5.74) is 8.44. The maximum Gasteiger partial charge on any atom is 0.257 e. The van der Waals surface area contributed by atoms with Crippen molar-refractivity contribution < 1.29 is 4.74 Å². The molecule has 0 unspecified atom stereocenters. The van der Waals surface area contributed by atoms with Crippen LogP contribution in [0.3, 0.4) is 0 Å². The molecule has 5 heteroatoms. The van der Waals surface area contributed by atoms with E-state index in [-0.39, 0.29) is 5.88 Å². The Kier molecular flexibility index (Phi) is 3.74. The number of aryl methyl sites for hydroxylation is 1. The highest BCUT2D eigenvalue weighted by Gasteiger charge is 2.12. The van der Waals surface area contributed by atoms with E-state index in [1.807, 2.05) is 32.0 Å². The fourth-order valence-electron chi connectivity index (χ4n) is 1.64. The van der Waals surface area contributed by atoms with Crippen LogP contribution in [0.25, 0.3) is 0 Å². The van der Waals surface area contributed by atoms with Crippen molar-refractivity contribution in [3.05, 3.63) is 46.6 Å². The molecule has 0 spiro atoms. The summed E-state index contributed by atoms with van der Waals surface area (Å²) >= 11 is 0. The standard InChI is InChI=1S/C14H14N4O/c1-9-10(2)17-18-14(13(9)8-16)19-12-5-3-4-11(6-12)7-15/h3-6H,7,15H2,1-2H3. The van der Waals surface area contributed by atoms with Crippen LogP contribution in [0.1, 0.15) is 22.4 Å². The molecule has 0 aliphatic rings. The SMILES string of the molecule is Cc1nnc(Oc2cccc(CN)c2)c(C#N)c1C. The minimum absolute atomic E-state index is 0.222. The molecule has 2 aromatic rings. The molecule has 0 saturated heterocycles. The third-order valence-corrected chi connectivity index (χ3v) is 2.88. The van der Waals surface area contributed by atoms with Gasteiger partial charge in [0.1, 0.15) is 17.4 Å². The second kappa shape index (κ2) is 5.46. The number of benzene rings is 1. The van der Waals surface area contributed by atoms with Crippen molar-refractivity contribution in [3.8, 4) is 17.7 Å². The van der Waals surface area contributed by atoms with Crippen molar-refractivity contribution >= 4 is 0 Å². The van der Waals surface area contributed by atoms with Gasteiger partial charge in [0.25, 0.3) is 5.88 Å². The molecule has 0 fully saturated rings. The van der Waals surface area contributed by atoms with Crippen molar-refractivity contribution in [2.45, 2.75) is 20.4 Å². The Hall–Kier alpha value is -2.45. The van der Waals surface area contributed by atoms with Crippen molar-refractivity contribution in [1.29, 1.82) is 5.26 Å². The Balaban J connectivity index is 2.38. The van der Waals surface area contributed by atoms with Crippen LogP contribution < -0.4 is 10.5 Å². The van der Waals surface area contributed by atoms with E-state index in [4.69, 9.17) is 10.5 Å². The van der Waals surface area contributed by atoms with Crippen LogP contribution in [0, 0.1) is 25.2 Å². The molecular formula is C14H14N4O. The van der Waals surface area contributed by atoms with Crippen molar-refractivity contribution in [1.82, 2.24) is 10.2 Å². The first-order chi connectivity index (χ1) is 9.15. The lowest BCUT2D eigenvalue weighted by molar-refractivity contribution is 0.451. The Morgan fingerprint density at radius 3 is 2.79 bits per heavy atom. The van der Waals surface area contributed by atoms with Crippen LogP contribution in [-0.4, -0.2) is 10.2 Å². The summed E-state index contributed by atoms with van der Waals surface area (Å²) in [5, 5.41) is 17.1. The highest BCUT2D eigenvalue weighted by molar-refractivity contribution is 5.46. The number of rotatable bonds is 3. The van der Waals surface area contributed by atoms with E-state index in [1.165, 1.54) is 0 Å².